The summed E-state index contributed by atoms with van der Waals surface area (Å²) in [7, 11) is 0. The first-order chi connectivity index (χ1) is 8.40. The highest BCUT2D eigenvalue weighted by Gasteiger charge is 2.14. The van der Waals surface area contributed by atoms with Gasteiger partial charge in [-0.2, -0.15) is 0 Å². The van der Waals surface area contributed by atoms with E-state index in [-0.39, 0.29) is 11.9 Å². The first-order valence-corrected chi connectivity index (χ1v) is 6.07. The lowest BCUT2D eigenvalue weighted by molar-refractivity contribution is -0.135. The zero-order valence-electron chi connectivity index (χ0n) is 11.0. The quantitative estimate of drug-likeness (QED) is 0.621. The minimum atomic E-state index is -0.926. The van der Waals surface area contributed by atoms with Crippen LogP contribution in [-0.4, -0.2) is 22.3 Å². The third kappa shape index (κ3) is 4.47. The Morgan fingerprint density at radius 2 is 1.72 bits per heavy atom. The van der Waals surface area contributed by atoms with Crippen LogP contribution in [0.3, 0.4) is 0 Å². The van der Waals surface area contributed by atoms with E-state index in [4.69, 9.17) is 4.74 Å². The summed E-state index contributed by atoms with van der Waals surface area (Å²) in [6.45, 7) is 5.41. The number of esters is 1. The predicted molar refractivity (Wildman–Crippen MR) is 68.2 cm³/mol. The van der Waals surface area contributed by atoms with E-state index >= 15 is 0 Å². The molecular weight excluding hydrogens is 232 g/mol. The minimum Gasteiger partial charge on any atom is -0.427 e. The third-order valence-electron chi connectivity index (χ3n) is 2.49. The number of carbonyl (C=O) groups excluding carboxylic acids is 1. The number of carbonyl (C=O) groups is 1. The van der Waals surface area contributed by atoms with Gasteiger partial charge in [-0.25, -0.2) is 0 Å². The molecule has 0 spiro atoms. The van der Waals surface area contributed by atoms with Crippen molar-refractivity contribution in [1.29, 1.82) is 0 Å². The molecular formula is C14H20O4. The Morgan fingerprint density at radius 1 is 1.17 bits per heavy atom. The van der Waals surface area contributed by atoms with Crippen LogP contribution in [0.1, 0.15) is 38.9 Å². The number of hydrogen-bond acceptors (Lipinski definition) is 4. The van der Waals surface area contributed by atoms with Gasteiger partial charge in [0.2, 0.25) is 0 Å². The lowest BCUT2D eigenvalue weighted by Gasteiger charge is -2.14. The van der Waals surface area contributed by atoms with Gasteiger partial charge in [-0.3, -0.25) is 4.79 Å². The van der Waals surface area contributed by atoms with Crippen LogP contribution in [0.25, 0.3) is 0 Å². The van der Waals surface area contributed by atoms with Gasteiger partial charge >= 0.3 is 5.97 Å². The van der Waals surface area contributed by atoms with E-state index in [1.807, 2.05) is 13.8 Å². The summed E-state index contributed by atoms with van der Waals surface area (Å²) >= 11 is 0. The van der Waals surface area contributed by atoms with Gasteiger partial charge in [-0.05, 0) is 30.5 Å². The molecule has 2 unspecified atom stereocenters. The van der Waals surface area contributed by atoms with Gasteiger partial charge in [0.05, 0.1) is 6.10 Å². The van der Waals surface area contributed by atoms with Crippen LogP contribution in [0.15, 0.2) is 24.3 Å². The van der Waals surface area contributed by atoms with E-state index in [0.717, 1.165) is 0 Å². The topological polar surface area (TPSA) is 66.8 Å². The fourth-order valence-electron chi connectivity index (χ4n) is 1.52. The monoisotopic (exact) mass is 252 g/mol. The lowest BCUT2D eigenvalue weighted by Crippen LogP contribution is -2.14. The molecule has 4 nitrogen and oxygen atoms in total. The number of benzene rings is 1. The molecule has 0 aliphatic carbocycles. The van der Waals surface area contributed by atoms with Gasteiger partial charge in [0.25, 0.3) is 0 Å². The summed E-state index contributed by atoms with van der Waals surface area (Å²) in [6, 6.07) is 6.49. The molecule has 2 N–H and O–H groups in total. The van der Waals surface area contributed by atoms with Crippen molar-refractivity contribution < 1.29 is 19.7 Å². The van der Waals surface area contributed by atoms with Gasteiger partial charge in [-0.1, -0.05) is 26.0 Å². The Balaban J connectivity index is 2.63. The molecule has 2 atom stereocenters. The van der Waals surface area contributed by atoms with Crippen molar-refractivity contribution in [3.63, 3.8) is 0 Å². The van der Waals surface area contributed by atoms with Gasteiger partial charge in [0.15, 0.2) is 0 Å². The molecule has 0 saturated heterocycles. The molecule has 1 aromatic rings. The Morgan fingerprint density at radius 3 is 2.17 bits per heavy atom. The molecule has 100 valence electrons. The molecule has 0 saturated carbocycles. The van der Waals surface area contributed by atoms with E-state index in [1.165, 1.54) is 6.92 Å². The van der Waals surface area contributed by atoms with Crippen LogP contribution < -0.4 is 4.74 Å². The summed E-state index contributed by atoms with van der Waals surface area (Å²) in [5.41, 5.74) is 0.591. The summed E-state index contributed by atoms with van der Waals surface area (Å²) in [4.78, 5) is 11.4. The maximum absolute atomic E-state index is 11.4. The first kappa shape index (κ1) is 14.7. The number of aliphatic hydroxyl groups excluding tert-OH is 2. The molecule has 18 heavy (non-hydrogen) atoms. The predicted octanol–water partition coefficient (Wildman–Crippen LogP) is 2.05. The minimum absolute atomic E-state index is 0.258. The summed E-state index contributed by atoms with van der Waals surface area (Å²) < 4.78 is 5.14. The van der Waals surface area contributed by atoms with E-state index in [9.17, 15) is 15.0 Å². The Labute approximate surface area is 107 Å². The smallest absolute Gasteiger partial charge is 0.311 e. The second kappa shape index (κ2) is 6.52. The van der Waals surface area contributed by atoms with Crippen molar-refractivity contribution in [2.45, 2.75) is 39.4 Å². The van der Waals surface area contributed by atoms with E-state index in [2.05, 4.69) is 0 Å². The highest BCUT2D eigenvalue weighted by molar-refractivity contribution is 5.72. The lowest BCUT2D eigenvalue weighted by atomic mass is 10.1. The van der Waals surface area contributed by atoms with E-state index < -0.39 is 12.2 Å². The van der Waals surface area contributed by atoms with Crippen molar-refractivity contribution in [3.05, 3.63) is 29.8 Å². The van der Waals surface area contributed by atoms with Crippen LogP contribution in [-0.2, 0) is 4.79 Å². The largest absolute Gasteiger partial charge is 0.427 e. The second-order valence-corrected chi connectivity index (χ2v) is 4.83. The average molecular weight is 252 g/mol. The normalized spacial score (nSPS) is 14.3. The highest BCUT2D eigenvalue weighted by atomic mass is 16.5. The van der Waals surface area contributed by atoms with Gasteiger partial charge < -0.3 is 14.9 Å². The highest BCUT2D eigenvalue weighted by Crippen LogP contribution is 2.20. The number of ether oxygens (including phenoxy) is 1. The number of aliphatic hydroxyl groups is 2. The molecule has 0 radical (unpaired) electrons. The van der Waals surface area contributed by atoms with E-state index in [1.54, 1.807) is 24.3 Å². The third-order valence-corrected chi connectivity index (χ3v) is 2.49. The Kier molecular flexibility index (Phi) is 5.31. The van der Waals surface area contributed by atoms with Crippen LogP contribution >= 0.6 is 0 Å². The van der Waals surface area contributed by atoms with Crippen LogP contribution in [0, 0.1) is 5.92 Å². The first-order valence-electron chi connectivity index (χ1n) is 6.07. The van der Waals surface area contributed by atoms with Crippen molar-refractivity contribution >= 4 is 5.97 Å². The molecule has 4 heteroatoms. The van der Waals surface area contributed by atoms with Crippen LogP contribution in [0.4, 0.5) is 0 Å². The second-order valence-electron chi connectivity index (χ2n) is 4.83. The van der Waals surface area contributed by atoms with Crippen molar-refractivity contribution in [1.82, 2.24) is 0 Å². The summed E-state index contributed by atoms with van der Waals surface area (Å²) in [5, 5.41) is 18.9. The molecule has 0 aliphatic heterocycles. The average Bonchev–Trinajstić information content (AvgIpc) is 2.27. The molecule has 0 aliphatic rings. The maximum atomic E-state index is 11.4. The molecule has 0 aromatic heterocycles. The summed E-state index contributed by atoms with van der Waals surface area (Å²) in [6.07, 6.45) is -1.39. The van der Waals surface area contributed by atoms with Gasteiger partial charge in [0, 0.05) is 6.42 Å². The number of rotatable bonds is 5. The zero-order chi connectivity index (χ0) is 13.7. The van der Waals surface area contributed by atoms with E-state index in [0.29, 0.717) is 17.7 Å². The fourth-order valence-corrected chi connectivity index (χ4v) is 1.52. The van der Waals surface area contributed by atoms with Gasteiger partial charge in [-0.15, -0.1) is 0 Å². The SMILES string of the molecule is CC(C)CC(=O)Oc1ccc(C(O)C(C)O)cc1. The van der Waals surface area contributed by atoms with Crippen molar-refractivity contribution in [3.8, 4) is 5.75 Å². The molecule has 0 fully saturated rings. The van der Waals surface area contributed by atoms with Crippen LogP contribution in [0.5, 0.6) is 5.75 Å². The van der Waals surface area contributed by atoms with Crippen molar-refractivity contribution in [2.24, 2.45) is 5.92 Å². The molecule has 0 amide bonds. The molecule has 0 heterocycles. The van der Waals surface area contributed by atoms with Gasteiger partial charge in [0.1, 0.15) is 11.9 Å². The Bertz CT molecular complexity index is 381. The number of hydrogen-bond donors (Lipinski definition) is 2. The Hall–Kier alpha value is -1.39. The standard InChI is InChI=1S/C14H20O4/c1-9(2)8-13(16)18-12-6-4-11(5-7-12)14(17)10(3)15/h4-7,9-10,14-15,17H,8H2,1-3H3. The summed E-state index contributed by atoms with van der Waals surface area (Å²) in [5.74, 6) is 0.435. The molecule has 1 rings (SSSR count). The van der Waals surface area contributed by atoms with Crippen LogP contribution in [0.2, 0.25) is 0 Å². The molecule has 0 bridgehead atoms. The fraction of sp³-hybridized carbons (Fsp3) is 0.500. The molecule has 1 aromatic carbocycles. The maximum Gasteiger partial charge on any atom is 0.311 e. The zero-order valence-corrected chi connectivity index (χ0v) is 11.0. The van der Waals surface area contributed by atoms with Crippen molar-refractivity contribution in [2.75, 3.05) is 0 Å².